The number of hydrogen-bond donors (Lipinski definition) is 0. The predicted octanol–water partition coefficient (Wildman–Crippen LogP) is 3.35. The van der Waals surface area contributed by atoms with Crippen LogP contribution in [-0.4, -0.2) is 18.3 Å². The molecule has 0 N–H and O–H groups in total. The molecule has 0 amide bonds. The van der Waals surface area contributed by atoms with Crippen LogP contribution in [-0.2, 0) is 13.1 Å². The normalized spacial score (nSPS) is 10.7. The smallest absolute Gasteiger partial charge is 0.0852 e. The predicted molar refractivity (Wildman–Crippen MR) is 76.5 cm³/mol. The van der Waals surface area contributed by atoms with Gasteiger partial charge in [-0.2, -0.15) is 0 Å². The molecule has 0 saturated carbocycles. The van der Waals surface area contributed by atoms with Gasteiger partial charge in [0.15, 0.2) is 0 Å². The van der Waals surface area contributed by atoms with Crippen LogP contribution in [0.1, 0.15) is 11.1 Å². The van der Waals surface area contributed by atoms with Gasteiger partial charge in [-0.1, -0.05) is 60.7 Å². The van der Waals surface area contributed by atoms with Gasteiger partial charge in [-0.05, 0) is 11.1 Å². The lowest BCUT2D eigenvalue weighted by Gasteiger charge is -2.19. The first-order valence-electron chi connectivity index (χ1n) is 6.12. The summed E-state index contributed by atoms with van der Waals surface area (Å²) in [6.07, 6.45) is 1.90. The van der Waals surface area contributed by atoms with Crippen molar-refractivity contribution in [2.24, 2.45) is 4.99 Å². The van der Waals surface area contributed by atoms with Gasteiger partial charge in [-0.3, -0.25) is 4.99 Å². The van der Waals surface area contributed by atoms with Crippen molar-refractivity contribution >= 4 is 6.34 Å². The molecule has 0 bridgehead atoms. The molecule has 0 spiro atoms. The Balaban J connectivity index is 2.05. The summed E-state index contributed by atoms with van der Waals surface area (Å²) in [5, 5.41) is 0. The molecule has 0 aliphatic carbocycles. The van der Waals surface area contributed by atoms with Gasteiger partial charge in [0.25, 0.3) is 0 Å². The first kappa shape index (κ1) is 12.4. The van der Waals surface area contributed by atoms with Gasteiger partial charge in [0.2, 0.25) is 0 Å². The summed E-state index contributed by atoms with van der Waals surface area (Å²) in [7, 11) is 1.81. The Morgan fingerprint density at radius 3 is 1.67 bits per heavy atom. The van der Waals surface area contributed by atoms with E-state index in [2.05, 4.69) is 58.4 Å². The third-order valence-corrected chi connectivity index (χ3v) is 2.74. The molecule has 0 aliphatic rings. The van der Waals surface area contributed by atoms with Crippen LogP contribution in [0.4, 0.5) is 0 Å². The molecule has 0 heterocycles. The maximum atomic E-state index is 4.13. The van der Waals surface area contributed by atoms with Crippen molar-refractivity contribution in [1.82, 2.24) is 4.90 Å². The van der Waals surface area contributed by atoms with Crippen molar-refractivity contribution in [2.45, 2.75) is 13.1 Å². The maximum absolute atomic E-state index is 4.13. The van der Waals surface area contributed by atoms with E-state index in [0.29, 0.717) is 0 Å². The van der Waals surface area contributed by atoms with Crippen LogP contribution in [0.15, 0.2) is 65.7 Å². The van der Waals surface area contributed by atoms with E-state index in [9.17, 15) is 0 Å². The van der Waals surface area contributed by atoms with Gasteiger partial charge < -0.3 is 4.90 Å². The molecule has 0 aliphatic heterocycles. The molecule has 0 saturated heterocycles. The van der Waals surface area contributed by atoms with Crippen molar-refractivity contribution in [3.8, 4) is 0 Å². The number of aliphatic imine (C=N–C) groups is 1. The highest BCUT2D eigenvalue weighted by Gasteiger charge is 2.02. The molecular formula is C16H18N2. The Hall–Kier alpha value is -2.09. The average Bonchev–Trinajstić information content (AvgIpc) is 2.41. The number of hydrogen-bond acceptors (Lipinski definition) is 1. The van der Waals surface area contributed by atoms with Gasteiger partial charge in [0.1, 0.15) is 0 Å². The molecule has 18 heavy (non-hydrogen) atoms. The minimum absolute atomic E-state index is 0.882. The summed E-state index contributed by atoms with van der Waals surface area (Å²) in [4.78, 5) is 6.34. The Morgan fingerprint density at radius 2 is 1.28 bits per heavy atom. The largest absolute Gasteiger partial charge is 0.354 e. The van der Waals surface area contributed by atoms with E-state index < -0.39 is 0 Å². The highest BCUT2D eigenvalue weighted by atomic mass is 15.1. The minimum atomic E-state index is 0.882. The first-order valence-corrected chi connectivity index (χ1v) is 6.12. The second-order valence-corrected chi connectivity index (χ2v) is 4.25. The third-order valence-electron chi connectivity index (χ3n) is 2.74. The zero-order valence-electron chi connectivity index (χ0n) is 10.7. The molecule has 2 aromatic rings. The molecule has 92 valence electrons. The molecule has 2 heteroatoms. The molecule has 0 atom stereocenters. The van der Waals surface area contributed by atoms with E-state index in [1.54, 1.807) is 0 Å². The molecule has 0 fully saturated rings. The van der Waals surface area contributed by atoms with Gasteiger partial charge in [0.05, 0.1) is 6.34 Å². The molecule has 2 aromatic carbocycles. The fourth-order valence-corrected chi connectivity index (χ4v) is 1.94. The summed E-state index contributed by atoms with van der Waals surface area (Å²) in [6, 6.07) is 20.9. The lowest BCUT2D eigenvalue weighted by Crippen LogP contribution is -2.20. The zero-order chi connectivity index (χ0) is 12.6. The molecule has 0 unspecified atom stereocenters. The summed E-state index contributed by atoms with van der Waals surface area (Å²) in [5.74, 6) is 0. The van der Waals surface area contributed by atoms with Crippen LogP contribution in [0.5, 0.6) is 0 Å². The van der Waals surface area contributed by atoms with E-state index in [1.807, 2.05) is 25.5 Å². The maximum Gasteiger partial charge on any atom is 0.0852 e. The standard InChI is InChI=1S/C16H18N2/c1-17-14-18(12-15-8-4-2-5-9-15)13-16-10-6-3-7-11-16/h2-11,14H,12-13H2,1H3. The second-order valence-electron chi connectivity index (χ2n) is 4.25. The number of nitrogens with zero attached hydrogens (tertiary/aromatic N) is 2. The molecule has 0 aromatic heterocycles. The quantitative estimate of drug-likeness (QED) is 0.576. The van der Waals surface area contributed by atoms with E-state index >= 15 is 0 Å². The van der Waals surface area contributed by atoms with Gasteiger partial charge in [-0.25, -0.2) is 0 Å². The lowest BCUT2D eigenvalue weighted by molar-refractivity contribution is 0.419. The highest BCUT2D eigenvalue weighted by Crippen LogP contribution is 2.08. The van der Waals surface area contributed by atoms with Crippen molar-refractivity contribution in [1.29, 1.82) is 0 Å². The third kappa shape index (κ3) is 3.74. The van der Waals surface area contributed by atoms with Crippen molar-refractivity contribution < 1.29 is 0 Å². The molecule has 2 rings (SSSR count). The summed E-state index contributed by atoms with van der Waals surface area (Å²) in [6.45, 7) is 1.76. The van der Waals surface area contributed by atoms with Gasteiger partial charge in [-0.15, -0.1) is 0 Å². The Bertz CT molecular complexity index is 435. The summed E-state index contributed by atoms with van der Waals surface area (Å²) < 4.78 is 0. The van der Waals surface area contributed by atoms with Crippen LogP contribution in [0.2, 0.25) is 0 Å². The molecule has 0 radical (unpaired) electrons. The van der Waals surface area contributed by atoms with Crippen LogP contribution >= 0.6 is 0 Å². The van der Waals surface area contributed by atoms with E-state index in [-0.39, 0.29) is 0 Å². The lowest BCUT2D eigenvalue weighted by atomic mass is 10.2. The Labute approximate surface area is 109 Å². The average molecular weight is 238 g/mol. The van der Waals surface area contributed by atoms with Crippen LogP contribution in [0.25, 0.3) is 0 Å². The first-order chi connectivity index (χ1) is 8.88. The second kappa shape index (κ2) is 6.60. The number of benzene rings is 2. The van der Waals surface area contributed by atoms with Gasteiger partial charge in [0, 0.05) is 20.1 Å². The van der Waals surface area contributed by atoms with E-state index in [0.717, 1.165) is 13.1 Å². The summed E-state index contributed by atoms with van der Waals surface area (Å²) >= 11 is 0. The van der Waals surface area contributed by atoms with Gasteiger partial charge >= 0.3 is 0 Å². The summed E-state index contributed by atoms with van der Waals surface area (Å²) in [5.41, 5.74) is 2.60. The van der Waals surface area contributed by atoms with Crippen LogP contribution in [0.3, 0.4) is 0 Å². The minimum Gasteiger partial charge on any atom is -0.354 e. The van der Waals surface area contributed by atoms with Crippen LogP contribution in [0, 0.1) is 0 Å². The fraction of sp³-hybridized carbons (Fsp3) is 0.188. The van der Waals surface area contributed by atoms with Crippen LogP contribution < -0.4 is 0 Å². The fourth-order valence-electron chi connectivity index (χ4n) is 1.94. The van der Waals surface area contributed by atoms with E-state index in [4.69, 9.17) is 0 Å². The molecular weight excluding hydrogens is 220 g/mol. The van der Waals surface area contributed by atoms with Crippen molar-refractivity contribution in [3.63, 3.8) is 0 Å². The Kier molecular flexibility index (Phi) is 4.53. The number of rotatable bonds is 5. The SMILES string of the molecule is CN=CN(Cc1ccccc1)Cc1ccccc1. The highest BCUT2D eigenvalue weighted by molar-refractivity contribution is 5.55. The van der Waals surface area contributed by atoms with Crippen molar-refractivity contribution in [3.05, 3.63) is 71.8 Å². The Morgan fingerprint density at radius 1 is 0.833 bits per heavy atom. The molecule has 2 nitrogen and oxygen atoms in total. The zero-order valence-corrected chi connectivity index (χ0v) is 10.7. The monoisotopic (exact) mass is 238 g/mol. The topological polar surface area (TPSA) is 15.6 Å². The van der Waals surface area contributed by atoms with E-state index in [1.165, 1.54) is 11.1 Å². The van der Waals surface area contributed by atoms with Crippen molar-refractivity contribution in [2.75, 3.05) is 7.05 Å².